The number of rotatable bonds is 4. The summed E-state index contributed by atoms with van der Waals surface area (Å²) in [5.74, 6) is -0.190. The molecular weight excluding hydrogens is 244 g/mol. The lowest BCUT2D eigenvalue weighted by atomic mass is 9.76. The van der Waals surface area contributed by atoms with Crippen LogP contribution in [0.3, 0.4) is 0 Å². The lowest BCUT2D eigenvalue weighted by Gasteiger charge is -2.41. The average Bonchev–Trinajstić information content (AvgIpc) is 2.23. The van der Waals surface area contributed by atoms with Crippen LogP contribution in [0.5, 0.6) is 5.75 Å². The summed E-state index contributed by atoms with van der Waals surface area (Å²) < 4.78 is 10.2. The van der Waals surface area contributed by atoms with Gasteiger partial charge in [-0.15, -0.1) is 0 Å². The van der Waals surface area contributed by atoms with Crippen LogP contribution in [0.2, 0.25) is 5.02 Å². The van der Waals surface area contributed by atoms with Gasteiger partial charge >= 0.3 is 5.97 Å². The molecule has 0 bridgehead atoms. The van der Waals surface area contributed by atoms with E-state index >= 15 is 0 Å². The van der Waals surface area contributed by atoms with Crippen LogP contribution in [0.25, 0.3) is 0 Å². The summed E-state index contributed by atoms with van der Waals surface area (Å²) in [6, 6.07) is 5.29. The highest BCUT2D eigenvalue weighted by molar-refractivity contribution is 6.31. The highest BCUT2D eigenvalue weighted by atomic mass is 35.5. The summed E-state index contributed by atoms with van der Waals surface area (Å²) in [4.78, 5) is 10.9. The van der Waals surface area contributed by atoms with Gasteiger partial charge in [0.25, 0.3) is 0 Å². The van der Waals surface area contributed by atoms with Gasteiger partial charge in [0.2, 0.25) is 0 Å². The minimum atomic E-state index is -0.847. The number of ether oxygens (including phenoxy) is 2. The Morgan fingerprint density at radius 3 is 2.71 bits per heavy atom. The molecular formula is C12H13ClO4. The van der Waals surface area contributed by atoms with E-state index in [0.29, 0.717) is 24.0 Å². The number of methoxy groups -OCH3 is 1. The van der Waals surface area contributed by atoms with Crippen molar-refractivity contribution in [3.8, 4) is 5.75 Å². The molecule has 0 unspecified atom stereocenters. The Kier molecular flexibility index (Phi) is 3.26. The third-order valence-electron chi connectivity index (χ3n) is 2.99. The molecule has 2 rings (SSSR count). The van der Waals surface area contributed by atoms with Crippen LogP contribution >= 0.6 is 11.6 Å². The second-order valence-electron chi connectivity index (χ2n) is 4.19. The highest BCUT2D eigenvalue weighted by Crippen LogP contribution is 2.40. The van der Waals surface area contributed by atoms with Crippen LogP contribution in [0.15, 0.2) is 18.2 Å². The van der Waals surface area contributed by atoms with Gasteiger partial charge in [-0.1, -0.05) is 17.7 Å². The average molecular weight is 257 g/mol. The first-order valence-corrected chi connectivity index (χ1v) is 5.59. The molecule has 1 aromatic carbocycles. The first-order valence-electron chi connectivity index (χ1n) is 5.21. The molecule has 0 saturated carbocycles. The molecule has 1 N–H and O–H groups in total. The van der Waals surface area contributed by atoms with Crippen molar-refractivity contribution in [2.24, 2.45) is 0 Å². The molecule has 4 nitrogen and oxygen atoms in total. The predicted octanol–water partition coefficient (Wildman–Crippen LogP) is 2.09. The molecule has 5 heteroatoms. The third-order valence-corrected chi connectivity index (χ3v) is 3.31. The maximum atomic E-state index is 10.9. The fourth-order valence-corrected chi connectivity index (χ4v) is 2.41. The van der Waals surface area contributed by atoms with Gasteiger partial charge < -0.3 is 14.6 Å². The quantitative estimate of drug-likeness (QED) is 0.896. The van der Waals surface area contributed by atoms with E-state index in [2.05, 4.69) is 0 Å². The predicted molar refractivity (Wildman–Crippen MR) is 62.8 cm³/mol. The molecule has 0 spiro atoms. The molecule has 92 valence electrons. The largest absolute Gasteiger partial charge is 0.497 e. The second-order valence-corrected chi connectivity index (χ2v) is 4.60. The van der Waals surface area contributed by atoms with Crippen LogP contribution in [0.4, 0.5) is 0 Å². The molecule has 0 aliphatic carbocycles. The normalized spacial score (nSPS) is 17.3. The van der Waals surface area contributed by atoms with Gasteiger partial charge in [0.05, 0.1) is 32.2 Å². The van der Waals surface area contributed by atoms with Crippen LogP contribution < -0.4 is 4.74 Å². The highest BCUT2D eigenvalue weighted by Gasteiger charge is 2.43. The summed E-state index contributed by atoms with van der Waals surface area (Å²) in [5, 5.41) is 9.47. The van der Waals surface area contributed by atoms with E-state index in [1.807, 2.05) is 6.07 Å². The zero-order chi connectivity index (χ0) is 12.5. The van der Waals surface area contributed by atoms with Gasteiger partial charge in [-0.2, -0.15) is 0 Å². The van der Waals surface area contributed by atoms with Crippen LogP contribution in [0.1, 0.15) is 12.0 Å². The number of carboxylic acids is 1. The number of halogens is 1. The van der Waals surface area contributed by atoms with E-state index in [1.165, 1.54) is 0 Å². The van der Waals surface area contributed by atoms with E-state index in [9.17, 15) is 4.79 Å². The number of carboxylic acid groups (broad SMARTS) is 1. The molecule has 0 radical (unpaired) electrons. The summed E-state index contributed by atoms with van der Waals surface area (Å²) in [7, 11) is 1.56. The van der Waals surface area contributed by atoms with E-state index in [0.717, 1.165) is 5.56 Å². The van der Waals surface area contributed by atoms with E-state index in [1.54, 1.807) is 19.2 Å². The molecule has 17 heavy (non-hydrogen) atoms. The number of hydrogen-bond donors (Lipinski definition) is 1. The second kappa shape index (κ2) is 4.55. The Hall–Kier alpha value is -1.26. The maximum Gasteiger partial charge on any atom is 0.304 e. The zero-order valence-electron chi connectivity index (χ0n) is 9.40. The van der Waals surface area contributed by atoms with Crippen molar-refractivity contribution in [2.45, 2.75) is 11.8 Å². The maximum absolute atomic E-state index is 10.9. The number of hydrogen-bond acceptors (Lipinski definition) is 3. The number of aliphatic carboxylic acids is 1. The third kappa shape index (κ3) is 2.23. The van der Waals surface area contributed by atoms with Crippen molar-refractivity contribution in [1.29, 1.82) is 0 Å². The molecule has 1 saturated heterocycles. The fraction of sp³-hybridized carbons (Fsp3) is 0.417. The monoisotopic (exact) mass is 256 g/mol. The molecule has 0 amide bonds. The van der Waals surface area contributed by atoms with Crippen molar-refractivity contribution in [2.75, 3.05) is 20.3 Å². The van der Waals surface area contributed by atoms with E-state index in [4.69, 9.17) is 26.2 Å². The number of carbonyl (C=O) groups is 1. The van der Waals surface area contributed by atoms with Crippen molar-refractivity contribution < 1.29 is 19.4 Å². The standard InChI is InChI=1S/C12H13ClO4/c1-16-8-2-3-9(10(13)4-8)12(5-11(14)15)6-17-7-12/h2-4H,5-7H2,1H3,(H,14,15). The summed E-state index contributed by atoms with van der Waals surface area (Å²) in [5.41, 5.74) is 0.323. The molecule has 1 heterocycles. The Morgan fingerprint density at radius 1 is 1.59 bits per heavy atom. The Bertz CT molecular complexity index is 440. The molecule has 1 aliphatic rings. The molecule has 0 atom stereocenters. The van der Waals surface area contributed by atoms with Gasteiger partial charge in [-0.25, -0.2) is 0 Å². The van der Waals surface area contributed by atoms with E-state index < -0.39 is 11.4 Å². The Morgan fingerprint density at radius 2 is 2.29 bits per heavy atom. The van der Waals surface area contributed by atoms with Gasteiger partial charge in [0.1, 0.15) is 5.75 Å². The van der Waals surface area contributed by atoms with Crippen molar-refractivity contribution in [1.82, 2.24) is 0 Å². The zero-order valence-corrected chi connectivity index (χ0v) is 10.2. The first kappa shape index (κ1) is 12.2. The number of benzene rings is 1. The molecule has 1 aromatic rings. The molecule has 1 fully saturated rings. The van der Waals surface area contributed by atoms with Gasteiger partial charge in [0.15, 0.2) is 0 Å². The molecule has 1 aliphatic heterocycles. The van der Waals surface area contributed by atoms with E-state index in [-0.39, 0.29) is 6.42 Å². The van der Waals surface area contributed by atoms with Gasteiger partial charge in [0, 0.05) is 5.02 Å². The van der Waals surface area contributed by atoms with Crippen molar-refractivity contribution in [3.05, 3.63) is 28.8 Å². The van der Waals surface area contributed by atoms with Gasteiger partial charge in [-0.3, -0.25) is 4.79 Å². The SMILES string of the molecule is COc1ccc(C2(CC(=O)O)COC2)c(Cl)c1. The van der Waals surface area contributed by atoms with Gasteiger partial charge in [-0.05, 0) is 17.7 Å². The smallest absolute Gasteiger partial charge is 0.304 e. The Balaban J connectivity index is 2.34. The summed E-state index contributed by atoms with van der Waals surface area (Å²) in [6.07, 6.45) is 0.0268. The minimum Gasteiger partial charge on any atom is -0.497 e. The van der Waals surface area contributed by atoms with Crippen molar-refractivity contribution >= 4 is 17.6 Å². The minimum absolute atomic E-state index is 0.0268. The lowest BCUT2D eigenvalue weighted by molar-refractivity contribution is -0.145. The summed E-state index contributed by atoms with van der Waals surface area (Å²) >= 11 is 6.16. The van der Waals surface area contributed by atoms with Crippen molar-refractivity contribution in [3.63, 3.8) is 0 Å². The van der Waals surface area contributed by atoms with Crippen LogP contribution in [-0.4, -0.2) is 31.4 Å². The fourth-order valence-electron chi connectivity index (χ4n) is 2.04. The first-order chi connectivity index (χ1) is 8.07. The Labute approximate surface area is 104 Å². The van der Waals surface area contributed by atoms with Crippen LogP contribution in [-0.2, 0) is 14.9 Å². The molecule has 0 aromatic heterocycles. The topological polar surface area (TPSA) is 55.8 Å². The lowest BCUT2D eigenvalue weighted by Crippen LogP contribution is -2.48. The van der Waals surface area contributed by atoms with Crippen LogP contribution in [0, 0.1) is 0 Å². The summed E-state index contributed by atoms with van der Waals surface area (Å²) in [6.45, 7) is 0.788.